The van der Waals surface area contributed by atoms with Crippen LogP contribution in [0, 0.1) is 6.92 Å². The van der Waals surface area contributed by atoms with Crippen LogP contribution in [0.2, 0.25) is 0 Å². The van der Waals surface area contributed by atoms with E-state index in [0.29, 0.717) is 6.54 Å². The fourth-order valence-electron chi connectivity index (χ4n) is 1.59. The molecule has 0 fully saturated rings. The number of pyridine rings is 1. The van der Waals surface area contributed by atoms with Crippen molar-refractivity contribution in [3.05, 3.63) is 55.1 Å². The van der Waals surface area contributed by atoms with Crippen LogP contribution in [0.1, 0.15) is 11.4 Å². The van der Waals surface area contributed by atoms with Gasteiger partial charge in [-0.15, -0.1) is 0 Å². The summed E-state index contributed by atoms with van der Waals surface area (Å²) in [5, 5.41) is 3.37. The Morgan fingerprint density at radius 3 is 2.39 bits per heavy atom. The van der Waals surface area contributed by atoms with Crippen molar-refractivity contribution >= 4 is 53.5 Å². The van der Waals surface area contributed by atoms with Crippen LogP contribution in [-0.4, -0.2) is 4.98 Å². The minimum Gasteiger partial charge on any atom is -0.378 e. The third kappa shape index (κ3) is 3.56. The summed E-state index contributed by atoms with van der Waals surface area (Å²) < 4.78 is 3.05. The van der Waals surface area contributed by atoms with E-state index in [1.807, 2.05) is 37.3 Å². The second kappa shape index (κ2) is 6.17. The molecule has 1 heterocycles. The van der Waals surface area contributed by atoms with Gasteiger partial charge in [0.05, 0.1) is 17.9 Å². The van der Waals surface area contributed by atoms with Crippen molar-refractivity contribution in [3.63, 3.8) is 0 Å². The first kappa shape index (κ1) is 14.0. The van der Waals surface area contributed by atoms with Crippen LogP contribution in [0.3, 0.4) is 0 Å². The summed E-state index contributed by atoms with van der Waals surface area (Å²) >= 11 is 10.5. The number of anilines is 1. The average molecular weight is 435 g/mol. The Hall–Kier alpha value is -0.390. The quantitative estimate of drug-likeness (QED) is 0.710. The first-order chi connectivity index (χ1) is 8.56. The topological polar surface area (TPSA) is 24.9 Å². The lowest BCUT2D eigenvalue weighted by atomic mass is 10.3. The molecule has 2 nitrogen and oxygen atoms in total. The van der Waals surface area contributed by atoms with Gasteiger partial charge in [0, 0.05) is 19.1 Å². The van der Waals surface area contributed by atoms with E-state index < -0.39 is 0 Å². The molecule has 2 rings (SSSR count). The van der Waals surface area contributed by atoms with E-state index in [1.54, 1.807) is 0 Å². The Labute approximate surface area is 132 Å². The van der Waals surface area contributed by atoms with Gasteiger partial charge in [0.1, 0.15) is 0 Å². The molecule has 1 aromatic heterocycles. The largest absolute Gasteiger partial charge is 0.378 e. The van der Waals surface area contributed by atoms with Gasteiger partial charge in [-0.2, -0.15) is 0 Å². The molecule has 1 aromatic carbocycles. The van der Waals surface area contributed by atoms with Crippen LogP contribution in [0.15, 0.2) is 43.7 Å². The van der Waals surface area contributed by atoms with E-state index in [1.165, 1.54) is 0 Å². The van der Waals surface area contributed by atoms with Crippen LogP contribution in [0.5, 0.6) is 0 Å². The fraction of sp³-hybridized carbons (Fsp3) is 0.154. The molecule has 0 saturated heterocycles. The Morgan fingerprint density at radius 1 is 1.11 bits per heavy atom. The molecule has 0 amide bonds. The molecule has 0 unspecified atom stereocenters. The van der Waals surface area contributed by atoms with Crippen molar-refractivity contribution in [2.75, 3.05) is 5.32 Å². The van der Waals surface area contributed by atoms with Gasteiger partial charge < -0.3 is 5.32 Å². The predicted octanol–water partition coefficient (Wildman–Crippen LogP) is 5.29. The highest BCUT2D eigenvalue weighted by atomic mass is 79.9. The molecule has 94 valence electrons. The van der Waals surface area contributed by atoms with Crippen LogP contribution in [0.4, 0.5) is 5.69 Å². The molecule has 0 aliphatic rings. The number of aromatic nitrogens is 1. The van der Waals surface area contributed by atoms with Gasteiger partial charge in [-0.05, 0) is 63.0 Å². The van der Waals surface area contributed by atoms with E-state index in [9.17, 15) is 0 Å². The normalized spacial score (nSPS) is 10.4. The van der Waals surface area contributed by atoms with Crippen molar-refractivity contribution < 1.29 is 0 Å². The van der Waals surface area contributed by atoms with Gasteiger partial charge in [-0.25, -0.2) is 0 Å². The second-order valence-corrected chi connectivity index (χ2v) is 6.49. The predicted molar refractivity (Wildman–Crippen MR) is 85.8 cm³/mol. The number of benzene rings is 1. The standard InChI is InChI=1S/C13H11Br3N2/c1-8-3-2-4-10(18-8)7-17-13-11(15)5-9(14)6-12(13)16/h2-6,17H,7H2,1H3. The van der Waals surface area contributed by atoms with Crippen molar-refractivity contribution in [2.45, 2.75) is 13.5 Å². The Morgan fingerprint density at radius 2 is 1.78 bits per heavy atom. The minimum atomic E-state index is 0.695. The van der Waals surface area contributed by atoms with Crippen molar-refractivity contribution in [3.8, 4) is 0 Å². The van der Waals surface area contributed by atoms with Gasteiger partial charge in [0.15, 0.2) is 0 Å². The zero-order chi connectivity index (χ0) is 13.1. The summed E-state index contributed by atoms with van der Waals surface area (Å²) in [7, 11) is 0. The first-order valence-corrected chi connectivity index (χ1v) is 7.75. The Bertz CT molecular complexity index is 547. The number of rotatable bonds is 3. The highest BCUT2D eigenvalue weighted by Gasteiger charge is 2.06. The molecule has 0 aliphatic heterocycles. The summed E-state index contributed by atoms with van der Waals surface area (Å²) in [5.74, 6) is 0. The minimum absolute atomic E-state index is 0.695. The molecule has 0 bridgehead atoms. The maximum atomic E-state index is 4.46. The maximum absolute atomic E-state index is 4.46. The summed E-state index contributed by atoms with van der Waals surface area (Å²) in [6.45, 7) is 2.69. The molecule has 0 spiro atoms. The molecule has 0 saturated carbocycles. The molecule has 0 aliphatic carbocycles. The van der Waals surface area contributed by atoms with Gasteiger partial charge in [-0.3, -0.25) is 4.98 Å². The number of hydrogen-bond acceptors (Lipinski definition) is 2. The van der Waals surface area contributed by atoms with Crippen LogP contribution >= 0.6 is 47.8 Å². The second-order valence-electron chi connectivity index (χ2n) is 3.87. The van der Waals surface area contributed by atoms with Crippen LogP contribution in [-0.2, 0) is 6.54 Å². The molecule has 0 atom stereocenters. The van der Waals surface area contributed by atoms with E-state index >= 15 is 0 Å². The van der Waals surface area contributed by atoms with Crippen molar-refractivity contribution in [1.29, 1.82) is 0 Å². The van der Waals surface area contributed by atoms with E-state index in [2.05, 4.69) is 58.1 Å². The summed E-state index contributed by atoms with van der Waals surface area (Å²) in [6, 6.07) is 10.0. The first-order valence-electron chi connectivity index (χ1n) is 5.37. The molecule has 2 aromatic rings. The third-order valence-electron chi connectivity index (χ3n) is 2.40. The lowest BCUT2D eigenvalue weighted by Gasteiger charge is -2.11. The van der Waals surface area contributed by atoms with Crippen LogP contribution < -0.4 is 5.32 Å². The van der Waals surface area contributed by atoms with Crippen molar-refractivity contribution in [2.24, 2.45) is 0 Å². The van der Waals surface area contributed by atoms with Crippen molar-refractivity contribution in [1.82, 2.24) is 4.98 Å². The van der Waals surface area contributed by atoms with Gasteiger partial charge >= 0.3 is 0 Å². The number of hydrogen-bond donors (Lipinski definition) is 1. The number of aryl methyl sites for hydroxylation is 1. The Balaban J connectivity index is 2.16. The Kier molecular flexibility index (Phi) is 4.81. The SMILES string of the molecule is Cc1cccc(CNc2c(Br)cc(Br)cc2Br)n1. The van der Waals surface area contributed by atoms with Gasteiger partial charge in [-0.1, -0.05) is 22.0 Å². The fourth-order valence-corrected chi connectivity index (χ4v) is 4.13. The van der Waals surface area contributed by atoms with E-state index in [-0.39, 0.29) is 0 Å². The molecule has 1 N–H and O–H groups in total. The lowest BCUT2D eigenvalue weighted by molar-refractivity contribution is 1.01. The number of halogens is 3. The monoisotopic (exact) mass is 432 g/mol. The van der Waals surface area contributed by atoms with Crippen LogP contribution in [0.25, 0.3) is 0 Å². The molecule has 5 heteroatoms. The maximum Gasteiger partial charge on any atom is 0.0633 e. The average Bonchev–Trinajstić information content (AvgIpc) is 2.27. The smallest absolute Gasteiger partial charge is 0.0633 e. The molecular formula is C13H11Br3N2. The molecule has 18 heavy (non-hydrogen) atoms. The van der Waals surface area contributed by atoms with Gasteiger partial charge in [0.2, 0.25) is 0 Å². The highest BCUT2D eigenvalue weighted by molar-refractivity contribution is 9.11. The summed E-state index contributed by atoms with van der Waals surface area (Å²) in [5.41, 5.74) is 3.08. The third-order valence-corrected chi connectivity index (χ3v) is 4.11. The molecule has 0 radical (unpaired) electrons. The van der Waals surface area contributed by atoms with E-state index in [4.69, 9.17) is 0 Å². The molecular weight excluding hydrogens is 424 g/mol. The summed E-state index contributed by atoms with van der Waals surface area (Å²) in [4.78, 5) is 4.46. The van der Waals surface area contributed by atoms with E-state index in [0.717, 1.165) is 30.5 Å². The van der Waals surface area contributed by atoms with Gasteiger partial charge in [0.25, 0.3) is 0 Å². The number of nitrogens with zero attached hydrogens (tertiary/aromatic N) is 1. The zero-order valence-electron chi connectivity index (χ0n) is 9.67. The number of nitrogens with one attached hydrogen (secondary N) is 1. The summed E-state index contributed by atoms with van der Waals surface area (Å²) in [6.07, 6.45) is 0. The highest BCUT2D eigenvalue weighted by Crippen LogP contribution is 2.34. The lowest BCUT2D eigenvalue weighted by Crippen LogP contribution is -2.03. The zero-order valence-corrected chi connectivity index (χ0v) is 14.4.